The number of halogens is 2. The Bertz CT molecular complexity index is 877. The second kappa shape index (κ2) is 7.17. The average molecular weight is 379 g/mol. The van der Waals surface area contributed by atoms with Gasteiger partial charge in [-0.1, -0.05) is 18.5 Å². The summed E-state index contributed by atoms with van der Waals surface area (Å²) < 4.78 is 18.8. The summed E-state index contributed by atoms with van der Waals surface area (Å²) in [5, 5.41) is 2.46. The van der Waals surface area contributed by atoms with Crippen molar-refractivity contribution in [3.05, 3.63) is 41.2 Å². The van der Waals surface area contributed by atoms with Crippen LogP contribution in [0.2, 0.25) is 5.02 Å². The molecule has 1 aliphatic heterocycles. The molecule has 136 valence electrons. The SMILES string of the molecule is CCC1Oc2ccc(N)nc2N(CC(=O)Nc2ccc(F)c(Cl)c2)C1=O. The molecule has 0 aliphatic carbocycles. The van der Waals surface area contributed by atoms with Crippen LogP contribution in [0.15, 0.2) is 30.3 Å². The van der Waals surface area contributed by atoms with Gasteiger partial charge < -0.3 is 15.8 Å². The van der Waals surface area contributed by atoms with Crippen LogP contribution in [0, 0.1) is 5.82 Å². The fourth-order valence-corrected chi connectivity index (χ4v) is 2.73. The van der Waals surface area contributed by atoms with Gasteiger partial charge in [-0.3, -0.25) is 14.5 Å². The lowest BCUT2D eigenvalue weighted by atomic mass is 10.2. The molecule has 1 aromatic heterocycles. The smallest absolute Gasteiger partial charge is 0.269 e. The molecule has 0 saturated heterocycles. The summed E-state index contributed by atoms with van der Waals surface area (Å²) in [5.41, 5.74) is 6.00. The molecule has 3 rings (SSSR count). The van der Waals surface area contributed by atoms with Crippen molar-refractivity contribution >= 4 is 40.7 Å². The summed E-state index contributed by atoms with van der Waals surface area (Å²) in [6.07, 6.45) is -0.269. The number of benzene rings is 1. The van der Waals surface area contributed by atoms with Gasteiger partial charge in [-0.15, -0.1) is 0 Å². The van der Waals surface area contributed by atoms with Crippen LogP contribution in [0.5, 0.6) is 5.75 Å². The normalized spacial score (nSPS) is 16.0. The molecule has 1 aliphatic rings. The minimum absolute atomic E-state index is 0.115. The number of aromatic nitrogens is 1. The highest BCUT2D eigenvalue weighted by atomic mass is 35.5. The summed E-state index contributed by atoms with van der Waals surface area (Å²) in [7, 11) is 0. The number of nitrogens with two attached hydrogens (primary N) is 1. The number of rotatable bonds is 4. The van der Waals surface area contributed by atoms with Crippen molar-refractivity contribution < 1.29 is 18.7 Å². The monoisotopic (exact) mass is 378 g/mol. The molecule has 0 radical (unpaired) electrons. The van der Waals surface area contributed by atoms with E-state index in [0.29, 0.717) is 17.9 Å². The molecule has 3 N–H and O–H groups in total. The molecule has 1 unspecified atom stereocenters. The number of fused-ring (bicyclic) bond motifs is 1. The molecule has 7 nitrogen and oxygen atoms in total. The Hall–Kier alpha value is -2.87. The summed E-state index contributed by atoms with van der Waals surface area (Å²) in [6.45, 7) is 1.51. The number of carbonyl (C=O) groups is 2. The van der Waals surface area contributed by atoms with Crippen LogP contribution in [-0.4, -0.2) is 29.4 Å². The van der Waals surface area contributed by atoms with E-state index in [0.717, 1.165) is 6.07 Å². The average Bonchev–Trinajstić information content (AvgIpc) is 2.60. The molecule has 2 amide bonds. The topological polar surface area (TPSA) is 97.6 Å². The van der Waals surface area contributed by atoms with Gasteiger partial charge in [-0.05, 0) is 36.8 Å². The maximum Gasteiger partial charge on any atom is 0.269 e. The molecule has 2 heterocycles. The lowest BCUT2D eigenvalue weighted by Crippen LogP contribution is -2.49. The first kappa shape index (κ1) is 17.9. The third-order valence-electron chi connectivity index (χ3n) is 3.80. The molecule has 9 heteroatoms. The summed E-state index contributed by atoms with van der Waals surface area (Å²) in [5.74, 6) is -0.702. The van der Waals surface area contributed by atoms with E-state index in [1.165, 1.54) is 17.0 Å². The zero-order chi connectivity index (χ0) is 18.8. The zero-order valence-corrected chi connectivity index (χ0v) is 14.6. The van der Waals surface area contributed by atoms with Gasteiger partial charge in [0.05, 0.1) is 5.02 Å². The number of carbonyl (C=O) groups excluding carboxylic acids is 2. The second-order valence-corrected chi connectivity index (χ2v) is 6.08. The first-order chi connectivity index (χ1) is 12.4. The van der Waals surface area contributed by atoms with Crippen molar-refractivity contribution in [2.45, 2.75) is 19.4 Å². The third-order valence-corrected chi connectivity index (χ3v) is 4.09. The standard InChI is InChI=1S/C17H16ClFN4O3/c1-2-12-17(25)23(16-13(26-12)5-6-14(20)22-16)8-15(24)21-9-3-4-11(19)10(18)7-9/h3-7,12H,2,8H2,1H3,(H2,20,22)(H,21,24). The lowest BCUT2D eigenvalue weighted by Gasteiger charge is -2.32. The number of anilines is 3. The van der Waals surface area contributed by atoms with Gasteiger partial charge in [0.1, 0.15) is 18.2 Å². The van der Waals surface area contributed by atoms with Gasteiger partial charge in [0.25, 0.3) is 5.91 Å². The van der Waals surface area contributed by atoms with Crippen LogP contribution in [0.4, 0.5) is 21.7 Å². The maximum absolute atomic E-state index is 13.2. The molecule has 0 saturated carbocycles. The first-order valence-electron chi connectivity index (χ1n) is 7.88. The Kier molecular flexibility index (Phi) is 4.94. The van der Waals surface area contributed by atoms with Crippen LogP contribution in [-0.2, 0) is 9.59 Å². The van der Waals surface area contributed by atoms with Crippen molar-refractivity contribution in [3.8, 4) is 5.75 Å². The van der Waals surface area contributed by atoms with E-state index < -0.39 is 17.8 Å². The van der Waals surface area contributed by atoms with Crippen molar-refractivity contribution in [2.75, 3.05) is 22.5 Å². The van der Waals surface area contributed by atoms with E-state index in [4.69, 9.17) is 22.1 Å². The Morgan fingerprint density at radius 1 is 1.42 bits per heavy atom. The summed E-state index contributed by atoms with van der Waals surface area (Å²) in [4.78, 5) is 30.3. The Balaban J connectivity index is 1.82. The van der Waals surface area contributed by atoms with Gasteiger partial charge >= 0.3 is 0 Å². The Morgan fingerprint density at radius 3 is 2.88 bits per heavy atom. The predicted octanol–water partition coefficient (Wildman–Crippen LogP) is 2.60. The molecular formula is C17H16ClFN4O3. The maximum atomic E-state index is 13.2. The highest BCUT2D eigenvalue weighted by Gasteiger charge is 2.35. The molecule has 26 heavy (non-hydrogen) atoms. The van der Waals surface area contributed by atoms with Crippen LogP contribution < -0.4 is 20.7 Å². The highest BCUT2D eigenvalue weighted by Crippen LogP contribution is 2.33. The van der Waals surface area contributed by atoms with Crippen molar-refractivity contribution in [3.63, 3.8) is 0 Å². The minimum Gasteiger partial charge on any atom is -0.477 e. The molecule has 0 bridgehead atoms. The predicted molar refractivity (Wildman–Crippen MR) is 95.7 cm³/mol. The van der Waals surface area contributed by atoms with Crippen LogP contribution in [0.1, 0.15) is 13.3 Å². The number of nitrogens with zero attached hydrogens (tertiary/aromatic N) is 2. The Morgan fingerprint density at radius 2 is 2.19 bits per heavy atom. The number of nitrogens with one attached hydrogen (secondary N) is 1. The summed E-state index contributed by atoms with van der Waals surface area (Å²) >= 11 is 5.70. The van der Waals surface area contributed by atoms with Crippen molar-refractivity contribution in [1.29, 1.82) is 0 Å². The van der Waals surface area contributed by atoms with E-state index in [2.05, 4.69) is 10.3 Å². The van der Waals surface area contributed by atoms with Gasteiger partial charge in [-0.2, -0.15) is 0 Å². The third kappa shape index (κ3) is 3.55. The number of hydrogen-bond acceptors (Lipinski definition) is 5. The number of amides is 2. The molecule has 1 aromatic carbocycles. The van der Waals surface area contributed by atoms with Crippen molar-refractivity contribution in [1.82, 2.24) is 4.98 Å². The second-order valence-electron chi connectivity index (χ2n) is 5.67. The summed E-state index contributed by atoms with van der Waals surface area (Å²) in [6, 6.07) is 6.97. The van der Waals surface area contributed by atoms with Gasteiger partial charge in [-0.25, -0.2) is 9.37 Å². The molecular weight excluding hydrogens is 363 g/mol. The number of pyridine rings is 1. The van der Waals surface area contributed by atoms with Gasteiger partial charge in [0.15, 0.2) is 17.7 Å². The van der Waals surface area contributed by atoms with Gasteiger partial charge in [0, 0.05) is 5.69 Å². The van der Waals surface area contributed by atoms with E-state index in [1.54, 1.807) is 19.1 Å². The molecule has 0 fully saturated rings. The highest BCUT2D eigenvalue weighted by molar-refractivity contribution is 6.31. The Labute approximate surface area is 153 Å². The fourth-order valence-electron chi connectivity index (χ4n) is 2.55. The van der Waals surface area contributed by atoms with Crippen LogP contribution in [0.3, 0.4) is 0 Å². The molecule has 1 atom stereocenters. The zero-order valence-electron chi connectivity index (χ0n) is 13.8. The first-order valence-corrected chi connectivity index (χ1v) is 8.26. The number of ether oxygens (including phenoxy) is 1. The van der Waals surface area contributed by atoms with E-state index >= 15 is 0 Å². The van der Waals surface area contributed by atoms with Crippen LogP contribution >= 0.6 is 11.6 Å². The van der Waals surface area contributed by atoms with Gasteiger partial charge in [0.2, 0.25) is 5.91 Å². The molecule has 0 spiro atoms. The van der Waals surface area contributed by atoms with Crippen LogP contribution in [0.25, 0.3) is 0 Å². The number of nitrogen functional groups attached to an aromatic ring is 1. The van der Waals surface area contributed by atoms with E-state index in [9.17, 15) is 14.0 Å². The lowest BCUT2D eigenvalue weighted by molar-refractivity contribution is -0.128. The quantitative estimate of drug-likeness (QED) is 0.852. The fraction of sp³-hybridized carbons (Fsp3) is 0.235. The van der Waals surface area contributed by atoms with E-state index in [1.807, 2.05) is 0 Å². The van der Waals surface area contributed by atoms with Crippen molar-refractivity contribution in [2.24, 2.45) is 0 Å². The van der Waals surface area contributed by atoms with E-state index in [-0.39, 0.29) is 29.1 Å². The number of hydrogen-bond donors (Lipinski definition) is 2. The minimum atomic E-state index is -0.707. The largest absolute Gasteiger partial charge is 0.477 e. The molecule has 2 aromatic rings.